The van der Waals surface area contributed by atoms with Crippen LogP contribution < -0.4 is 5.73 Å². The third-order valence-corrected chi connectivity index (χ3v) is 3.54. The van der Waals surface area contributed by atoms with Gasteiger partial charge in [-0.15, -0.1) is 0 Å². The van der Waals surface area contributed by atoms with Gasteiger partial charge in [-0.05, 0) is 30.0 Å². The second-order valence-corrected chi connectivity index (χ2v) is 4.85. The minimum atomic E-state index is -1.40. The first-order valence-electron chi connectivity index (χ1n) is 4.88. The lowest BCUT2D eigenvalue weighted by atomic mass is 10.1. The van der Waals surface area contributed by atoms with Crippen LogP contribution in [0.2, 0.25) is 0 Å². The van der Waals surface area contributed by atoms with Crippen molar-refractivity contribution in [1.29, 1.82) is 0 Å². The van der Waals surface area contributed by atoms with Gasteiger partial charge in [0.25, 0.3) is 0 Å². The van der Waals surface area contributed by atoms with Gasteiger partial charge in [-0.25, -0.2) is 4.21 Å². The first-order valence-corrected chi connectivity index (χ1v) is 5.96. The Morgan fingerprint density at radius 1 is 1.25 bits per heavy atom. The number of benzene rings is 2. The zero-order chi connectivity index (χ0) is 11.7. The van der Waals surface area contributed by atoms with Crippen molar-refractivity contribution in [1.82, 2.24) is 0 Å². The van der Waals surface area contributed by atoms with Crippen molar-refractivity contribution in [3.05, 3.63) is 35.9 Å². The average Bonchev–Trinajstić information content (AvgIpc) is 2.32. The first kappa shape index (κ1) is 11.1. The highest BCUT2D eigenvalue weighted by Crippen LogP contribution is 2.26. The topological polar surface area (TPSA) is 52.3 Å². The fourth-order valence-corrected chi connectivity index (χ4v) is 2.24. The molecule has 0 saturated heterocycles. The Bertz CT molecular complexity index is 566. The number of rotatable bonds is 2. The van der Waals surface area contributed by atoms with Gasteiger partial charge >= 0.3 is 0 Å². The summed E-state index contributed by atoms with van der Waals surface area (Å²) >= 11 is -1.40. The van der Waals surface area contributed by atoms with E-state index in [4.69, 9.17) is 9.92 Å². The number of nitrogen functional groups attached to an aromatic ring is 1. The summed E-state index contributed by atoms with van der Waals surface area (Å²) in [5.74, 6) is 0. The van der Waals surface area contributed by atoms with Gasteiger partial charge in [0, 0.05) is 11.1 Å². The molecule has 0 radical (unpaired) electrons. The Labute approximate surface area is 96.9 Å². The second-order valence-electron chi connectivity index (χ2n) is 3.58. The van der Waals surface area contributed by atoms with Crippen LogP contribution in [0.5, 0.6) is 0 Å². The Balaban J connectivity index is 2.65. The summed E-state index contributed by atoms with van der Waals surface area (Å²) in [6, 6.07) is 9.42. The highest BCUT2D eigenvalue weighted by atomic mass is 32.2. The van der Waals surface area contributed by atoms with Crippen LogP contribution in [0.15, 0.2) is 35.2 Å². The maximum atomic E-state index is 11.5. The molecule has 1 atom stereocenters. The molecular formula is C12H13NO2S. The van der Waals surface area contributed by atoms with Crippen molar-refractivity contribution in [3.8, 4) is 0 Å². The van der Waals surface area contributed by atoms with Gasteiger partial charge in [-0.1, -0.05) is 18.2 Å². The maximum absolute atomic E-state index is 11.5. The van der Waals surface area contributed by atoms with Crippen LogP contribution in [0.4, 0.5) is 5.69 Å². The van der Waals surface area contributed by atoms with Crippen LogP contribution in [0.3, 0.4) is 0 Å². The Morgan fingerprint density at radius 3 is 2.69 bits per heavy atom. The predicted molar refractivity (Wildman–Crippen MR) is 66.5 cm³/mol. The van der Waals surface area contributed by atoms with Crippen LogP contribution in [0, 0.1) is 6.92 Å². The van der Waals surface area contributed by atoms with E-state index in [-0.39, 0.29) is 0 Å². The molecule has 0 aliphatic rings. The Kier molecular flexibility index (Phi) is 2.94. The number of hydrogen-bond donors (Lipinski definition) is 1. The van der Waals surface area contributed by atoms with Gasteiger partial charge < -0.3 is 5.73 Å². The van der Waals surface area contributed by atoms with Crippen molar-refractivity contribution < 1.29 is 8.39 Å². The summed E-state index contributed by atoms with van der Waals surface area (Å²) in [6.07, 6.45) is 0. The van der Waals surface area contributed by atoms with Crippen LogP contribution >= 0.6 is 0 Å². The standard InChI is InChI=1S/C12H13NO2S/c1-8-3-4-9-7-10(16(14)15-2)5-6-11(9)12(8)13/h3-7H,13H2,1-2H3. The lowest BCUT2D eigenvalue weighted by molar-refractivity contribution is 0.446. The molecule has 1 unspecified atom stereocenters. The van der Waals surface area contributed by atoms with Gasteiger partial charge in [0.15, 0.2) is 11.1 Å². The molecule has 0 aliphatic carbocycles. The summed E-state index contributed by atoms with van der Waals surface area (Å²) < 4.78 is 16.2. The van der Waals surface area contributed by atoms with Gasteiger partial charge in [0.2, 0.25) is 0 Å². The molecule has 0 fully saturated rings. The molecule has 0 bridgehead atoms. The van der Waals surface area contributed by atoms with Crippen LogP contribution in [-0.2, 0) is 15.3 Å². The molecule has 0 aromatic heterocycles. The number of nitrogens with two attached hydrogens (primary N) is 1. The largest absolute Gasteiger partial charge is 0.398 e. The summed E-state index contributed by atoms with van der Waals surface area (Å²) in [4.78, 5) is 0.651. The number of aryl methyl sites for hydroxylation is 1. The van der Waals surface area contributed by atoms with E-state index in [9.17, 15) is 4.21 Å². The molecule has 3 nitrogen and oxygen atoms in total. The fraction of sp³-hybridized carbons (Fsp3) is 0.167. The second kappa shape index (κ2) is 4.23. The molecule has 2 aromatic carbocycles. The van der Waals surface area contributed by atoms with Gasteiger partial charge in [-0.3, -0.25) is 4.18 Å². The molecular weight excluding hydrogens is 222 g/mol. The van der Waals surface area contributed by atoms with Crippen molar-refractivity contribution in [3.63, 3.8) is 0 Å². The molecule has 2 aromatic rings. The van der Waals surface area contributed by atoms with Crippen LogP contribution in [0.1, 0.15) is 5.56 Å². The zero-order valence-electron chi connectivity index (χ0n) is 9.19. The molecule has 0 aliphatic heterocycles. The van der Waals surface area contributed by atoms with E-state index < -0.39 is 11.1 Å². The van der Waals surface area contributed by atoms with E-state index in [1.807, 2.05) is 31.2 Å². The van der Waals surface area contributed by atoms with Crippen LogP contribution in [0.25, 0.3) is 10.8 Å². The normalized spacial score (nSPS) is 12.9. The molecule has 0 spiro atoms. The van der Waals surface area contributed by atoms with E-state index in [1.165, 1.54) is 7.11 Å². The lowest BCUT2D eigenvalue weighted by Gasteiger charge is -2.06. The smallest absolute Gasteiger partial charge is 0.188 e. The maximum Gasteiger partial charge on any atom is 0.188 e. The van der Waals surface area contributed by atoms with E-state index in [0.717, 1.165) is 22.0 Å². The minimum absolute atomic E-state index is 0.651. The number of anilines is 1. The average molecular weight is 235 g/mol. The molecule has 84 valence electrons. The van der Waals surface area contributed by atoms with E-state index in [0.29, 0.717) is 4.90 Å². The monoisotopic (exact) mass is 235 g/mol. The molecule has 0 saturated carbocycles. The fourth-order valence-electron chi connectivity index (χ4n) is 1.64. The van der Waals surface area contributed by atoms with Crippen LogP contribution in [-0.4, -0.2) is 11.3 Å². The lowest BCUT2D eigenvalue weighted by Crippen LogP contribution is -1.95. The molecule has 0 amide bonds. The molecule has 4 heteroatoms. The van der Waals surface area contributed by atoms with Gasteiger partial charge in [0.1, 0.15) is 0 Å². The SMILES string of the molecule is COS(=O)c1ccc2c(N)c(C)ccc2c1. The third-order valence-electron chi connectivity index (χ3n) is 2.59. The third kappa shape index (κ3) is 1.81. The van der Waals surface area contributed by atoms with Crippen molar-refractivity contribution in [2.75, 3.05) is 12.8 Å². The highest BCUT2D eigenvalue weighted by molar-refractivity contribution is 7.80. The first-order chi connectivity index (χ1) is 7.63. The van der Waals surface area contributed by atoms with Gasteiger partial charge in [-0.2, -0.15) is 0 Å². The minimum Gasteiger partial charge on any atom is -0.398 e. The molecule has 16 heavy (non-hydrogen) atoms. The molecule has 2 N–H and O–H groups in total. The summed E-state index contributed by atoms with van der Waals surface area (Å²) in [5, 5.41) is 1.96. The summed E-state index contributed by atoms with van der Waals surface area (Å²) in [6.45, 7) is 1.97. The van der Waals surface area contributed by atoms with E-state index in [1.54, 1.807) is 6.07 Å². The van der Waals surface area contributed by atoms with Crippen molar-refractivity contribution in [2.45, 2.75) is 11.8 Å². The van der Waals surface area contributed by atoms with Crippen molar-refractivity contribution in [2.24, 2.45) is 0 Å². The summed E-state index contributed by atoms with van der Waals surface area (Å²) in [7, 11) is 1.42. The quantitative estimate of drug-likeness (QED) is 0.813. The number of fused-ring (bicyclic) bond motifs is 1. The van der Waals surface area contributed by atoms with E-state index in [2.05, 4.69) is 0 Å². The highest BCUT2D eigenvalue weighted by Gasteiger charge is 2.06. The summed E-state index contributed by atoms with van der Waals surface area (Å²) in [5.41, 5.74) is 7.79. The van der Waals surface area contributed by atoms with Gasteiger partial charge in [0.05, 0.1) is 12.0 Å². The molecule has 2 rings (SSSR count). The predicted octanol–water partition coefficient (Wildman–Crippen LogP) is 2.40. The Morgan fingerprint density at radius 2 is 2.00 bits per heavy atom. The van der Waals surface area contributed by atoms with E-state index >= 15 is 0 Å². The van der Waals surface area contributed by atoms with Crippen molar-refractivity contribution >= 4 is 27.5 Å². The zero-order valence-corrected chi connectivity index (χ0v) is 10.0. The Hall–Kier alpha value is -1.39. The number of hydrogen-bond acceptors (Lipinski definition) is 3. The molecule has 0 heterocycles.